The normalized spacial score (nSPS) is 53.3. The van der Waals surface area contributed by atoms with Gasteiger partial charge < -0.3 is 84.6 Å². The molecule has 23 heteroatoms. The summed E-state index contributed by atoms with van der Waals surface area (Å²) in [6.07, 6.45) is -18.4. The number of carbonyl (C=O) groups is 1. The zero-order valence-electron chi connectivity index (χ0n) is 42.2. The number of ether oxygens (including phenoxy) is 6. The molecule has 8 fully saturated rings. The molecule has 0 aromatic heterocycles. The van der Waals surface area contributed by atoms with Crippen LogP contribution in [-0.2, 0) is 47.8 Å². The highest BCUT2D eigenvalue weighted by atomic mass is 32.3. The maximum Gasteiger partial charge on any atom is 0.397 e. The second kappa shape index (κ2) is 19.4. The van der Waals surface area contributed by atoms with E-state index >= 15 is 4.79 Å². The van der Waals surface area contributed by atoms with Gasteiger partial charge in [-0.1, -0.05) is 53.7 Å². The Kier molecular flexibility index (Phi) is 15.3. The first-order valence-electron chi connectivity index (χ1n) is 25.7. The van der Waals surface area contributed by atoms with Crippen LogP contribution in [0.5, 0.6) is 0 Å². The quantitative estimate of drug-likeness (QED) is 0.0525. The van der Waals surface area contributed by atoms with Crippen LogP contribution < -0.4 is 0 Å². The Bertz CT molecular complexity index is 2130. The van der Waals surface area contributed by atoms with Gasteiger partial charge in [-0.05, 0) is 129 Å². The van der Waals surface area contributed by atoms with Crippen molar-refractivity contribution in [3.63, 3.8) is 0 Å². The van der Waals surface area contributed by atoms with Gasteiger partial charge in [0.1, 0.15) is 54.9 Å². The number of hydrogen-bond donors (Lipinski definition) is 12. The summed E-state index contributed by atoms with van der Waals surface area (Å²) in [5.74, 6) is -7.54. The molecule has 0 aromatic rings. The number of allylic oxidation sites excluding steroid dienone is 1. The summed E-state index contributed by atoms with van der Waals surface area (Å²) in [5.41, 5.74) is -1.53. The van der Waals surface area contributed by atoms with Gasteiger partial charge in [-0.25, -0.2) is 4.18 Å². The van der Waals surface area contributed by atoms with Crippen LogP contribution in [0.1, 0.15) is 119 Å². The van der Waals surface area contributed by atoms with Crippen molar-refractivity contribution in [2.75, 3.05) is 13.2 Å². The largest absolute Gasteiger partial charge is 0.405 e. The molecule has 0 bridgehead atoms. The summed E-state index contributed by atoms with van der Waals surface area (Å²) >= 11 is 0. The molecule has 0 radical (unpaired) electrons. The Hall–Kier alpha value is -1.56. The fourth-order valence-corrected chi connectivity index (χ4v) is 16.9. The molecule has 414 valence electrons. The zero-order chi connectivity index (χ0) is 53.3. The first-order valence-corrected chi connectivity index (χ1v) is 27.0. The fourth-order valence-electron chi connectivity index (χ4n) is 16.3. The van der Waals surface area contributed by atoms with E-state index in [-0.39, 0.29) is 45.8 Å². The number of aliphatic hydroxyl groups excluding tert-OH is 9. The molecule has 3 saturated heterocycles. The molecular weight excluding hydrogens is 973 g/mol. The lowest BCUT2D eigenvalue weighted by Crippen LogP contribution is -2.70. The van der Waals surface area contributed by atoms with Gasteiger partial charge in [-0.3, -0.25) is 9.35 Å². The minimum atomic E-state index is -4.67. The van der Waals surface area contributed by atoms with E-state index in [9.17, 15) is 69.1 Å². The lowest BCUT2D eigenvalue weighted by molar-refractivity contribution is -0.474. The summed E-state index contributed by atoms with van der Waals surface area (Å²) in [6.45, 7) is 16.9. The number of fused-ring (bicyclic) bond motifs is 7. The van der Waals surface area contributed by atoms with Gasteiger partial charge in [0.05, 0.1) is 30.8 Å². The minimum absolute atomic E-state index is 0.0299. The van der Waals surface area contributed by atoms with Crippen molar-refractivity contribution < 1.29 is 107 Å². The first-order chi connectivity index (χ1) is 33.3. The lowest BCUT2D eigenvalue weighted by Gasteiger charge is -2.72. The van der Waals surface area contributed by atoms with E-state index in [1.54, 1.807) is 0 Å². The highest BCUT2D eigenvalue weighted by molar-refractivity contribution is 7.80. The molecule has 8 rings (SSSR count). The smallest absolute Gasteiger partial charge is 0.397 e. The van der Waals surface area contributed by atoms with Gasteiger partial charge >= 0.3 is 28.3 Å². The molecule has 5 aliphatic carbocycles. The Balaban J connectivity index is 1.00. The minimum Gasteiger partial charge on any atom is -0.405 e. The van der Waals surface area contributed by atoms with Crippen LogP contribution in [-0.4, -0.2) is 186 Å². The third-order valence-electron chi connectivity index (χ3n) is 20.4. The predicted molar refractivity (Wildman–Crippen MR) is 246 cm³/mol. The molecule has 25 atom stereocenters. The Morgan fingerprint density at radius 1 is 0.722 bits per heavy atom. The molecular formula is C49H80O22S. The van der Waals surface area contributed by atoms with Crippen LogP contribution in [0.15, 0.2) is 12.2 Å². The third kappa shape index (κ3) is 8.86. The van der Waals surface area contributed by atoms with Crippen LogP contribution in [0, 0.1) is 56.7 Å². The van der Waals surface area contributed by atoms with E-state index in [0.717, 1.165) is 31.3 Å². The number of carbonyl (C=O) groups excluding carboxylic acids is 1. The maximum atomic E-state index is 15.1. The maximum absolute atomic E-state index is 15.1. The molecule has 8 aliphatic rings. The van der Waals surface area contributed by atoms with Crippen molar-refractivity contribution in [2.24, 2.45) is 56.7 Å². The second-order valence-corrected chi connectivity index (χ2v) is 25.0. The number of aliphatic hydroxyl groups is 11. The molecule has 5 unspecified atom stereocenters. The molecule has 72 heavy (non-hydrogen) atoms. The van der Waals surface area contributed by atoms with Crippen molar-refractivity contribution in [1.29, 1.82) is 0 Å². The Morgan fingerprint density at radius 3 is 2.01 bits per heavy atom. The predicted octanol–water partition coefficient (Wildman–Crippen LogP) is -0.119. The molecule has 0 spiro atoms. The molecule has 22 nitrogen and oxygen atoms in total. The van der Waals surface area contributed by atoms with Gasteiger partial charge in [-0.2, -0.15) is 8.42 Å². The molecule has 5 saturated carbocycles. The molecule has 0 amide bonds. The van der Waals surface area contributed by atoms with Gasteiger partial charge in [0.2, 0.25) is 0 Å². The molecule has 0 aromatic carbocycles. The Morgan fingerprint density at radius 2 is 1.38 bits per heavy atom. The number of esters is 1. The zero-order valence-corrected chi connectivity index (χ0v) is 43.0. The second-order valence-electron chi connectivity index (χ2n) is 24.0. The lowest BCUT2D eigenvalue weighted by atomic mass is 9.32. The highest BCUT2D eigenvalue weighted by Gasteiger charge is 2.73. The van der Waals surface area contributed by atoms with E-state index in [1.165, 1.54) is 6.92 Å². The van der Waals surface area contributed by atoms with E-state index in [1.807, 2.05) is 20.8 Å². The van der Waals surface area contributed by atoms with Crippen LogP contribution in [0.25, 0.3) is 0 Å². The summed E-state index contributed by atoms with van der Waals surface area (Å²) in [6, 6.07) is 0. The Labute approximate surface area is 420 Å². The average molecular weight is 1050 g/mol. The molecule has 3 aliphatic heterocycles. The standard InChI is InChI=1S/C49H80O22S/c1-9-22(2)24-12-17-47(19-18-45(7)25(31(24)47)10-11-29-44(6)15-14-30(71-72(62,63)64)43(4,5)28(44)13-16-46(29,45)8)42(59)70-49(61)39(57)35(54)33(52)27(69-49)21-65-48(60)40(58)37(56)38(26(20-50)68-48)67-41-36(55)34(53)32(51)23(3)66-41/h23-41,50-58,60-61H,2,9-21H2,1,3-8H3,(H,62,63,64)/t23-,24+,25-,26?,27?,28+,29-,30-,31-,32-,33-,34+,35?,36+,37?,38-,39+,40+,41?,44+,45-,46-,47+,48+,49-/m1/s1. The third-order valence-corrected chi connectivity index (χ3v) is 20.9. The summed E-state index contributed by atoms with van der Waals surface area (Å²) in [7, 11) is -4.67. The first kappa shape index (κ1) is 56.6. The van der Waals surface area contributed by atoms with E-state index in [4.69, 9.17) is 32.6 Å². The summed E-state index contributed by atoms with van der Waals surface area (Å²) in [5, 5.41) is 120. The van der Waals surface area contributed by atoms with Gasteiger partial charge in [0.25, 0.3) is 0 Å². The SMILES string of the molecule is C=C(CC)[C@@H]1CC[C@]2(C(=O)O[C@]3(O)OC(CO[C@]4(O)OC(CO)[C@@H](OC5O[C@H](C)[C@@H](O)[C@H](O)[C@@H]5O)C(O)[C@@H]4O)[C@@H](O)C(O)[C@@H]3O)CC[C@]3(C)[C@H](CC[C@@H]4[C@@]5(C)CC[C@@H](OS(=O)(=O)O)C(C)(C)[C@@H]5CC[C@]43C)[C@@H]12. The van der Waals surface area contributed by atoms with Crippen LogP contribution >= 0.6 is 0 Å². The summed E-state index contributed by atoms with van der Waals surface area (Å²) < 4.78 is 72.3. The average Bonchev–Trinajstić information content (AvgIpc) is 3.72. The summed E-state index contributed by atoms with van der Waals surface area (Å²) in [4.78, 5) is 15.1. The van der Waals surface area contributed by atoms with E-state index in [2.05, 4.69) is 27.4 Å². The number of rotatable bonds is 12. The van der Waals surface area contributed by atoms with E-state index < -0.39 is 138 Å². The van der Waals surface area contributed by atoms with Crippen molar-refractivity contribution in [3.05, 3.63) is 12.2 Å². The monoisotopic (exact) mass is 1050 g/mol. The number of hydrogen-bond acceptors (Lipinski definition) is 21. The molecule has 3 heterocycles. The van der Waals surface area contributed by atoms with Crippen molar-refractivity contribution in [2.45, 2.75) is 217 Å². The van der Waals surface area contributed by atoms with Gasteiger partial charge in [0, 0.05) is 0 Å². The van der Waals surface area contributed by atoms with Gasteiger partial charge in [0.15, 0.2) is 18.5 Å². The highest BCUT2D eigenvalue weighted by Crippen LogP contribution is 2.78. The topological polar surface area (TPSA) is 359 Å². The van der Waals surface area contributed by atoms with Gasteiger partial charge in [-0.15, -0.1) is 0 Å². The van der Waals surface area contributed by atoms with Crippen LogP contribution in [0.3, 0.4) is 0 Å². The van der Waals surface area contributed by atoms with Crippen LogP contribution in [0.2, 0.25) is 0 Å². The van der Waals surface area contributed by atoms with Crippen molar-refractivity contribution >= 4 is 16.4 Å². The van der Waals surface area contributed by atoms with Crippen molar-refractivity contribution in [3.8, 4) is 0 Å². The van der Waals surface area contributed by atoms with Crippen LogP contribution in [0.4, 0.5) is 0 Å². The molecule has 12 N–H and O–H groups in total. The fraction of sp³-hybridized carbons (Fsp3) is 0.939. The van der Waals surface area contributed by atoms with E-state index in [0.29, 0.717) is 44.9 Å². The van der Waals surface area contributed by atoms with Crippen molar-refractivity contribution in [1.82, 2.24) is 0 Å².